The van der Waals surface area contributed by atoms with Crippen molar-refractivity contribution in [3.8, 4) is 11.5 Å². The van der Waals surface area contributed by atoms with Crippen LogP contribution in [0.25, 0.3) is 0 Å². The summed E-state index contributed by atoms with van der Waals surface area (Å²) in [5.41, 5.74) is 1.06. The first-order valence-corrected chi connectivity index (χ1v) is 5.79. The molecule has 0 radical (unpaired) electrons. The normalized spacial score (nSPS) is 10.8. The third-order valence-electron chi connectivity index (χ3n) is 2.86. The van der Waals surface area contributed by atoms with Crippen molar-refractivity contribution < 1.29 is 9.84 Å². The van der Waals surface area contributed by atoms with Gasteiger partial charge in [-0.05, 0) is 43.3 Å². The molecular weight excluding hydrogens is 202 g/mol. The van der Waals surface area contributed by atoms with Crippen LogP contribution in [0.2, 0.25) is 0 Å². The van der Waals surface area contributed by atoms with Crippen LogP contribution >= 0.6 is 0 Å². The summed E-state index contributed by atoms with van der Waals surface area (Å²) in [5, 5.41) is 9.44. The van der Waals surface area contributed by atoms with Crippen LogP contribution in [0.1, 0.15) is 19.4 Å². The van der Waals surface area contributed by atoms with Gasteiger partial charge in [-0.2, -0.15) is 0 Å². The Kier molecular flexibility index (Phi) is 5.12. The average Bonchev–Trinajstić information content (AvgIpc) is 2.30. The molecule has 16 heavy (non-hydrogen) atoms. The van der Waals surface area contributed by atoms with E-state index in [0.29, 0.717) is 5.75 Å². The Labute approximate surface area is 97.7 Å². The van der Waals surface area contributed by atoms with Crippen molar-refractivity contribution in [3.63, 3.8) is 0 Å². The molecule has 0 aliphatic carbocycles. The van der Waals surface area contributed by atoms with E-state index in [9.17, 15) is 5.11 Å². The lowest BCUT2D eigenvalue weighted by molar-refractivity contribution is 0.305. The van der Waals surface area contributed by atoms with Gasteiger partial charge in [-0.25, -0.2) is 0 Å². The van der Waals surface area contributed by atoms with Crippen molar-refractivity contribution in [2.45, 2.75) is 20.3 Å². The number of nitrogens with zero attached hydrogens (tertiary/aromatic N) is 1. The van der Waals surface area contributed by atoms with E-state index in [0.717, 1.165) is 37.4 Å². The van der Waals surface area contributed by atoms with E-state index in [1.807, 2.05) is 6.07 Å². The predicted octanol–water partition coefficient (Wildman–Crippen LogP) is 2.29. The molecule has 0 bridgehead atoms. The first-order valence-electron chi connectivity index (χ1n) is 5.79. The Morgan fingerprint density at radius 3 is 2.50 bits per heavy atom. The summed E-state index contributed by atoms with van der Waals surface area (Å²) < 4.78 is 5.27. The molecule has 0 fully saturated rings. The Morgan fingerprint density at radius 2 is 1.94 bits per heavy atom. The molecule has 0 atom stereocenters. The summed E-state index contributed by atoms with van der Waals surface area (Å²) in [6, 6.07) is 5.25. The molecule has 0 aliphatic heterocycles. The summed E-state index contributed by atoms with van der Waals surface area (Å²) in [4.78, 5) is 2.35. The van der Waals surface area contributed by atoms with Crippen LogP contribution < -0.4 is 4.74 Å². The maximum absolute atomic E-state index is 9.44. The van der Waals surface area contributed by atoms with Gasteiger partial charge in [-0.1, -0.05) is 13.8 Å². The third-order valence-corrected chi connectivity index (χ3v) is 2.86. The molecule has 0 saturated heterocycles. The molecule has 1 rings (SSSR count). The predicted molar refractivity (Wildman–Crippen MR) is 66.2 cm³/mol. The monoisotopic (exact) mass is 223 g/mol. The van der Waals surface area contributed by atoms with Gasteiger partial charge in [-0.15, -0.1) is 0 Å². The Balaban J connectivity index is 2.68. The first-order chi connectivity index (χ1) is 7.71. The lowest BCUT2D eigenvalue weighted by Crippen LogP contribution is -2.25. The number of aromatic hydroxyl groups is 1. The largest absolute Gasteiger partial charge is 0.508 e. The molecule has 90 valence electrons. The molecule has 0 unspecified atom stereocenters. The Hall–Kier alpha value is -1.22. The maximum atomic E-state index is 9.44. The smallest absolute Gasteiger partial charge is 0.122 e. The Morgan fingerprint density at radius 1 is 1.25 bits per heavy atom. The van der Waals surface area contributed by atoms with E-state index in [1.54, 1.807) is 19.2 Å². The van der Waals surface area contributed by atoms with Crippen molar-refractivity contribution in [1.82, 2.24) is 4.90 Å². The van der Waals surface area contributed by atoms with Gasteiger partial charge >= 0.3 is 0 Å². The number of phenolic OH excluding ortho intramolecular Hbond substituents is 1. The highest BCUT2D eigenvalue weighted by Gasteiger charge is 2.06. The van der Waals surface area contributed by atoms with Gasteiger partial charge in [0.1, 0.15) is 11.5 Å². The van der Waals surface area contributed by atoms with E-state index in [1.165, 1.54) is 0 Å². The number of phenols is 1. The van der Waals surface area contributed by atoms with E-state index < -0.39 is 0 Å². The van der Waals surface area contributed by atoms with E-state index in [2.05, 4.69) is 18.7 Å². The molecule has 0 saturated carbocycles. The standard InChI is InChI=1S/C13H21NO2/c1-4-14(5-2)9-8-11-10-12(15)6-7-13(11)16-3/h6-7,10,15H,4-5,8-9H2,1-3H3. The second-order valence-corrected chi connectivity index (χ2v) is 3.77. The van der Waals surface area contributed by atoms with Gasteiger partial charge in [0.05, 0.1) is 7.11 Å². The molecule has 0 aromatic heterocycles. The molecule has 0 heterocycles. The summed E-state index contributed by atoms with van der Waals surface area (Å²) >= 11 is 0. The van der Waals surface area contributed by atoms with Crippen molar-refractivity contribution >= 4 is 0 Å². The molecule has 0 aliphatic rings. The van der Waals surface area contributed by atoms with Gasteiger partial charge in [0, 0.05) is 6.54 Å². The molecule has 3 nitrogen and oxygen atoms in total. The number of likely N-dealkylation sites (N-methyl/N-ethyl adjacent to an activating group) is 1. The number of ether oxygens (including phenoxy) is 1. The van der Waals surface area contributed by atoms with Crippen molar-refractivity contribution in [2.75, 3.05) is 26.7 Å². The minimum atomic E-state index is 0.301. The quantitative estimate of drug-likeness (QED) is 0.803. The fraction of sp³-hybridized carbons (Fsp3) is 0.538. The second-order valence-electron chi connectivity index (χ2n) is 3.77. The van der Waals surface area contributed by atoms with E-state index >= 15 is 0 Å². The number of rotatable bonds is 6. The highest BCUT2D eigenvalue weighted by Crippen LogP contribution is 2.23. The highest BCUT2D eigenvalue weighted by molar-refractivity contribution is 5.39. The zero-order valence-electron chi connectivity index (χ0n) is 10.4. The topological polar surface area (TPSA) is 32.7 Å². The number of methoxy groups -OCH3 is 1. The zero-order chi connectivity index (χ0) is 12.0. The van der Waals surface area contributed by atoms with Gasteiger partial charge in [0.15, 0.2) is 0 Å². The molecule has 0 spiro atoms. The summed E-state index contributed by atoms with van der Waals surface area (Å²) in [6.07, 6.45) is 0.902. The van der Waals surface area contributed by atoms with Crippen LogP contribution in [0.3, 0.4) is 0 Å². The summed E-state index contributed by atoms with van der Waals surface area (Å²) in [6.45, 7) is 7.41. The van der Waals surface area contributed by atoms with Gasteiger partial charge in [0.25, 0.3) is 0 Å². The van der Waals surface area contributed by atoms with Crippen molar-refractivity contribution in [1.29, 1.82) is 0 Å². The van der Waals surface area contributed by atoms with Crippen LogP contribution in [0, 0.1) is 0 Å². The lowest BCUT2D eigenvalue weighted by Gasteiger charge is -2.18. The minimum absolute atomic E-state index is 0.301. The summed E-state index contributed by atoms with van der Waals surface area (Å²) in [7, 11) is 1.66. The minimum Gasteiger partial charge on any atom is -0.508 e. The van der Waals surface area contributed by atoms with Crippen LogP contribution in [0.4, 0.5) is 0 Å². The summed E-state index contributed by atoms with van der Waals surface area (Å²) in [5.74, 6) is 1.15. The van der Waals surface area contributed by atoms with Crippen LogP contribution in [-0.4, -0.2) is 36.8 Å². The molecule has 1 N–H and O–H groups in total. The van der Waals surface area contributed by atoms with E-state index in [4.69, 9.17) is 4.74 Å². The lowest BCUT2D eigenvalue weighted by atomic mass is 10.1. The zero-order valence-corrected chi connectivity index (χ0v) is 10.4. The molecule has 1 aromatic rings. The SMILES string of the molecule is CCN(CC)CCc1cc(O)ccc1OC. The molecule has 1 aromatic carbocycles. The van der Waals surface area contributed by atoms with E-state index in [-0.39, 0.29) is 0 Å². The van der Waals surface area contributed by atoms with Crippen LogP contribution in [0.5, 0.6) is 11.5 Å². The van der Waals surface area contributed by atoms with Crippen LogP contribution in [-0.2, 0) is 6.42 Å². The average molecular weight is 223 g/mol. The first kappa shape index (κ1) is 12.8. The number of benzene rings is 1. The Bertz CT molecular complexity index is 322. The second kappa shape index (κ2) is 6.38. The fourth-order valence-corrected chi connectivity index (χ4v) is 1.78. The number of hydrogen-bond acceptors (Lipinski definition) is 3. The molecular formula is C13H21NO2. The fourth-order valence-electron chi connectivity index (χ4n) is 1.78. The number of hydrogen-bond donors (Lipinski definition) is 1. The highest BCUT2D eigenvalue weighted by atomic mass is 16.5. The maximum Gasteiger partial charge on any atom is 0.122 e. The van der Waals surface area contributed by atoms with Crippen molar-refractivity contribution in [3.05, 3.63) is 23.8 Å². The molecule has 0 amide bonds. The van der Waals surface area contributed by atoms with Gasteiger partial charge < -0.3 is 14.7 Å². The molecule has 3 heteroatoms. The van der Waals surface area contributed by atoms with Gasteiger partial charge in [0.2, 0.25) is 0 Å². The van der Waals surface area contributed by atoms with Gasteiger partial charge in [-0.3, -0.25) is 0 Å². The van der Waals surface area contributed by atoms with Crippen molar-refractivity contribution in [2.24, 2.45) is 0 Å². The third kappa shape index (κ3) is 3.42. The van der Waals surface area contributed by atoms with Crippen LogP contribution in [0.15, 0.2) is 18.2 Å².